The predicted octanol–water partition coefficient (Wildman–Crippen LogP) is 2.45. The van der Waals surface area contributed by atoms with E-state index in [9.17, 15) is 25.6 Å². The normalized spacial score (nSPS) is 12.4. The summed E-state index contributed by atoms with van der Waals surface area (Å²) in [5.74, 6) is -2.46. The van der Waals surface area contributed by atoms with E-state index in [4.69, 9.17) is 0 Å². The minimum Gasteiger partial charge on any atom is -0.279 e. The molecule has 6 nitrogen and oxygen atoms in total. The maximum atomic E-state index is 13.6. The van der Waals surface area contributed by atoms with Crippen LogP contribution >= 0.6 is 0 Å². The Labute approximate surface area is 145 Å². The zero-order chi connectivity index (χ0) is 18.8. The topological polar surface area (TPSA) is 92.3 Å². The molecule has 0 saturated carbocycles. The Morgan fingerprint density at radius 1 is 0.840 bits per heavy atom. The summed E-state index contributed by atoms with van der Waals surface area (Å²) in [6.07, 6.45) is 0. The van der Waals surface area contributed by atoms with Crippen molar-refractivity contribution in [2.75, 3.05) is 4.72 Å². The second-order valence-corrected chi connectivity index (χ2v) is 8.79. The van der Waals surface area contributed by atoms with Crippen LogP contribution in [0.4, 0.5) is 14.5 Å². The summed E-state index contributed by atoms with van der Waals surface area (Å²) in [5.41, 5.74) is -0.0360. The summed E-state index contributed by atoms with van der Waals surface area (Å²) in [5, 5.41) is 0. The van der Waals surface area contributed by atoms with E-state index in [0.29, 0.717) is 0 Å². The van der Waals surface area contributed by atoms with Crippen LogP contribution in [0.15, 0.2) is 52.3 Å². The van der Waals surface area contributed by atoms with Crippen LogP contribution in [-0.2, 0) is 20.0 Å². The third-order valence-electron chi connectivity index (χ3n) is 3.00. The molecule has 0 atom stereocenters. The molecule has 0 unspecified atom stereocenters. The van der Waals surface area contributed by atoms with Gasteiger partial charge >= 0.3 is 0 Å². The molecule has 0 aromatic heterocycles. The third-order valence-corrected chi connectivity index (χ3v) is 6.10. The second kappa shape index (κ2) is 7.06. The smallest absolute Gasteiger partial charge is 0.267 e. The summed E-state index contributed by atoms with van der Waals surface area (Å²) in [4.78, 5) is -1.17. The van der Waals surface area contributed by atoms with Gasteiger partial charge in [0.05, 0.1) is 4.90 Å². The fourth-order valence-electron chi connectivity index (χ4n) is 2.03. The molecule has 25 heavy (non-hydrogen) atoms. The van der Waals surface area contributed by atoms with Crippen LogP contribution in [0.5, 0.6) is 0 Å². The molecule has 0 amide bonds. The Bertz CT molecular complexity index is 953. The lowest BCUT2D eigenvalue weighted by atomic mass is 10.3. The van der Waals surface area contributed by atoms with Crippen LogP contribution in [0, 0.1) is 11.6 Å². The van der Waals surface area contributed by atoms with E-state index in [-0.39, 0.29) is 16.6 Å². The van der Waals surface area contributed by atoms with Gasteiger partial charge < -0.3 is 0 Å². The summed E-state index contributed by atoms with van der Waals surface area (Å²) < 4.78 is 80.0. The first-order valence-electron chi connectivity index (χ1n) is 7.12. The number of anilines is 1. The molecule has 2 aromatic rings. The van der Waals surface area contributed by atoms with Crippen LogP contribution in [0.1, 0.15) is 13.8 Å². The van der Waals surface area contributed by atoms with Gasteiger partial charge in [-0.1, -0.05) is 6.07 Å². The Morgan fingerprint density at radius 3 is 1.84 bits per heavy atom. The Balaban J connectivity index is 2.30. The summed E-state index contributed by atoms with van der Waals surface area (Å²) in [6.45, 7) is 3.31. The Hall–Kier alpha value is -2.04. The number of sulfonamides is 2. The lowest BCUT2D eigenvalue weighted by molar-refractivity contribution is 0.521. The molecule has 0 bridgehead atoms. The van der Waals surface area contributed by atoms with Crippen molar-refractivity contribution in [1.29, 1.82) is 0 Å². The average Bonchev–Trinajstić information content (AvgIpc) is 2.45. The van der Waals surface area contributed by atoms with Gasteiger partial charge in [0.1, 0.15) is 11.6 Å². The zero-order valence-electron chi connectivity index (χ0n) is 13.3. The molecule has 0 heterocycles. The van der Waals surface area contributed by atoms with Gasteiger partial charge in [0.15, 0.2) is 4.90 Å². The minimum atomic E-state index is -4.51. The van der Waals surface area contributed by atoms with Gasteiger partial charge in [-0.05, 0) is 50.2 Å². The number of benzene rings is 2. The summed E-state index contributed by atoms with van der Waals surface area (Å²) in [7, 11) is -8.24. The molecule has 0 fully saturated rings. The number of hydrogen-bond acceptors (Lipinski definition) is 4. The van der Waals surface area contributed by atoms with Crippen molar-refractivity contribution in [3.05, 3.63) is 54.1 Å². The van der Waals surface area contributed by atoms with Crippen LogP contribution in [0.2, 0.25) is 0 Å². The summed E-state index contributed by atoms with van der Waals surface area (Å²) in [6, 6.07) is 7.12. The molecule has 2 N–H and O–H groups in total. The lowest BCUT2D eigenvalue weighted by Gasteiger charge is -2.12. The van der Waals surface area contributed by atoms with Crippen molar-refractivity contribution in [3.8, 4) is 0 Å². The molecule has 0 aliphatic heterocycles. The number of rotatable bonds is 6. The van der Waals surface area contributed by atoms with Gasteiger partial charge in [-0.2, -0.15) is 0 Å². The lowest BCUT2D eigenvalue weighted by Crippen LogP contribution is -2.30. The largest absolute Gasteiger partial charge is 0.279 e. The van der Waals surface area contributed by atoms with E-state index >= 15 is 0 Å². The quantitative estimate of drug-likeness (QED) is 0.792. The van der Waals surface area contributed by atoms with Gasteiger partial charge in [0.2, 0.25) is 10.0 Å². The van der Waals surface area contributed by atoms with Crippen LogP contribution < -0.4 is 9.44 Å². The van der Waals surface area contributed by atoms with Crippen molar-refractivity contribution in [2.24, 2.45) is 0 Å². The van der Waals surface area contributed by atoms with Crippen molar-refractivity contribution >= 4 is 25.7 Å². The van der Waals surface area contributed by atoms with Crippen LogP contribution in [0.3, 0.4) is 0 Å². The third kappa shape index (κ3) is 4.53. The van der Waals surface area contributed by atoms with Crippen molar-refractivity contribution in [3.63, 3.8) is 0 Å². The zero-order valence-corrected chi connectivity index (χ0v) is 15.0. The molecule has 0 saturated heterocycles. The first-order valence-corrected chi connectivity index (χ1v) is 10.1. The molecule has 10 heteroatoms. The highest BCUT2D eigenvalue weighted by molar-refractivity contribution is 7.92. The first kappa shape index (κ1) is 19.3. The molecule has 2 rings (SSSR count). The maximum Gasteiger partial charge on any atom is 0.267 e. The van der Waals surface area contributed by atoms with Gasteiger partial charge in [-0.25, -0.2) is 30.3 Å². The van der Waals surface area contributed by atoms with E-state index in [1.54, 1.807) is 13.8 Å². The fraction of sp³-hybridized carbons (Fsp3) is 0.200. The second-order valence-electron chi connectivity index (χ2n) is 5.46. The highest BCUT2D eigenvalue weighted by Crippen LogP contribution is 2.22. The molecule has 136 valence electrons. The van der Waals surface area contributed by atoms with E-state index in [2.05, 4.69) is 4.72 Å². The predicted molar refractivity (Wildman–Crippen MR) is 89.1 cm³/mol. The SMILES string of the molecule is CC(C)NS(=O)(=O)c1ccc(NS(=O)(=O)c2c(F)cccc2F)cc1. The minimum absolute atomic E-state index is 0.0360. The fourth-order valence-corrected chi connectivity index (χ4v) is 4.47. The number of halogens is 2. The maximum absolute atomic E-state index is 13.6. The van der Waals surface area contributed by atoms with E-state index in [1.165, 1.54) is 24.3 Å². The van der Waals surface area contributed by atoms with E-state index in [0.717, 1.165) is 18.2 Å². The Morgan fingerprint density at radius 2 is 1.36 bits per heavy atom. The number of nitrogens with one attached hydrogen (secondary N) is 2. The molecular weight excluding hydrogens is 374 g/mol. The molecule has 0 radical (unpaired) electrons. The van der Waals surface area contributed by atoms with Gasteiger partial charge in [0.25, 0.3) is 10.0 Å². The molecular formula is C15H16F2N2O4S2. The van der Waals surface area contributed by atoms with Crippen molar-refractivity contribution in [2.45, 2.75) is 29.7 Å². The average molecular weight is 390 g/mol. The molecule has 2 aromatic carbocycles. The standard InChI is InChI=1S/C15H16F2N2O4S2/c1-10(2)18-24(20,21)12-8-6-11(7-9-12)19-25(22,23)15-13(16)4-3-5-14(15)17/h3-10,18-19H,1-2H3. The van der Waals surface area contributed by atoms with Gasteiger partial charge in [-0.15, -0.1) is 0 Å². The number of hydrogen-bond donors (Lipinski definition) is 2. The molecule has 0 aliphatic rings. The Kier molecular flexibility index (Phi) is 5.45. The van der Waals surface area contributed by atoms with Crippen LogP contribution in [0.25, 0.3) is 0 Å². The van der Waals surface area contributed by atoms with E-state index < -0.39 is 36.6 Å². The highest BCUT2D eigenvalue weighted by atomic mass is 32.2. The van der Waals surface area contributed by atoms with Crippen molar-refractivity contribution < 1.29 is 25.6 Å². The van der Waals surface area contributed by atoms with Crippen LogP contribution in [-0.4, -0.2) is 22.9 Å². The monoisotopic (exact) mass is 390 g/mol. The van der Waals surface area contributed by atoms with E-state index in [1.807, 2.05) is 4.72 Å². The summed E-state index contributed by atoms with van der Waals surface area (Å²) >= 11 is 0. The molecule has 0 spiro atoms. The molecule has 0 aliphatic carbocycles. The first-order chi connectivity index (χ1) is 11.5. The highest BCUT2D eigenvalue weighted by Gasteiger charge is 2.24. The van der Waals surface area contributed by atoms with Gasteiger partial charge in [-0.3, -0.25) is 4.72 Å². The van der Waals surface area contributed by atoms with Gasteiger partial charge in [0, 0.05) is 11.7 Å². The van der Waals surface area contributed by atoms with Crippen molar-refractivity contribution in [1.82, 2.24) is 4.72 Å².